The molecule has 1 atom stereocenters. The van der Waals surface area contributed by atoms with Gasteiger partial charge in [-0.3, -0.25) is 9.59 Å². The maximum Gasteiger partial charge on any atom is 0.258 e. The predicted molar refractivity (Wildman–Crippen MR) is 129 cm³/mol. The SMILES string of the molecule is Cc1ccc(-c2ccc(C[C@@H]3C(=O)NCCN3C(=O)c3cnc(N(C)C)nc3C)cc2)cc1. The maximum atomic E-state index is 13.4. The molecule has 0 bridgehead atoms. The number of rotatable bonds is 5. The van der Waals surface area contributed by atoms with E-state index in [1.807, 2.05) is 26.2 Å². The Morgan fingerprint density at radius 2 is 1.70 bits per heavy atom. The van der Waals surface area contributed by atoms with Crippen molar-refractivity contribution in [2.75, 3.05) is 32.1 Å². The molecule has 1 fully saturated rings. The summed E-state index contributed by atoms with van der Waals surface area (Å²) in [5.41, 5.74) is 5.52. The number of carbonyl (C=O) groups excluding carboxylic acids is 2. The van der Waals surface area contributed by atoms with Gasteiger partial charge in [0.1, 0.15) is 6.04 Å². The Morgan fingerprint density at radius 1 is 1.06 bits per heavy atom. The highest BCUT2D eigenvalue weighted by Crippen LogP contribution is 2.22. The van der Waals surface area contributed by atoms with Crippen molar-refractivity contribution >= 4 is 17.8 Å². The number of carbonyl (C=O) groups is 2. The van der Waals surface area contributed by atoms with Gasteiger partial charge >= 0.3 is 0 Å². The van der Waals surface area contributed by atoms with Crippen molar-refractivity contribution in [2.45, 2.75) is 26.3 Å². The lowest BCUT2D eigenvalue weighted by Crippen LogP contribution is -2.58. The first-order valence-corrected chi connectivity index (χ1v) is 11.1. The standard InChI is InChI=1S/C26H29N5O2/c1-17-5-9-20(10-6-17)21-11-7-19(8-12-21)15-23-24(32)27-13-14-31(23)25(33)22-16-28-26(30(3)4)29-18(22)2/h5-12,16,23H,13-15H2,1-4H3,(H,27,32)/t23-/m1/s1. The third kappa shape index (κ3) is 4.87. The van der Waals surface area contributed by atoms with E-state index in [0.717, 1.165) is 16.7 Å². The summed E-state index contributed by atoms with van der Waals surface area (Å²) in [7, 11) is 3.71. The van der Waals surface area contributed by atoms with E-state index in [1.165, 1.54) is 5.56 Å². The van der Waals surface area contributed by atoms with Gasteiger partial charge in [-0.05, 0) is 30.5 Å². The highest BCUT2D eigenvalue weighted by molar-refractivity contribution is 5.99. The molecular formula is C26H29N5O2. The zero-order valence-electron chi connectivity index (χ0n) is 19.5. The van der Waals surface area contributed by atoms with Crippen LogP contribution in [-0.4, -0.2) is 59.9 Å². The summed E-state index contributed by atoms with van der Waals surface area (Å²) < 4.78 is 0. The molecule has 0 saturated carbocycles. The number of amides is 2. The molecule has 1 saturated heterocycles. The molecule has 0 spiro atoms. The van der Waals surface area contributed by atoms with Crippen LogP contribution < -0.4 is 10.2 Å². The van der Waals surface area contributed by atoms with E-state index >= 15 is 0 Å². The molecule has 0 radical (unpaired) electrons. The number of aromatic nitrogens is 2. The van der Waals surface area contributed by atoms with Gasteiger partial charge in [-0.1, -0.05) is 54.1 Å². The van der Waals surface area contributed by atoms with Crippen molar-refractivity contribution < 1.29 is 9.59 Å². The van der Waals surface area contributed by atoms with Gasteiger partial charge in [-0.2, -0.15) is 0 Å². The first kappa shape index (κ1) is 22.5. The summed E-state index contributed by atoms with van der Waals surface area (Å²) >= 11 is 0. The lowest BCUT2D eigenvalue weighted by Gasteiger charge is -2.35. The largest absolute Gasteiger partial charge is 0.353 e. The van der Waals surface area contributed by atoms with Crippen LogP contribution in [0.3, 0.4) is 0 Å². The molecule has 0 unspecified atom stereocenters. The zero-order valence-corrected chi connectivity index (χ0v) is 19.5. The Labute approximate surface area is 194 Å². The monoisotopic (exact) mass is 443 g/mol. The molecule has 1 aliphatic heterocycles. The quantitative estimate of drug-likeness (QED) is 0.656. The summed E-state index contributed by atoms with van der Waals surface area (Å²) in [4.78, 5) is 38.3. The molecule has 7 heteroatoms. The van der Waals surface area contributed by atoms with Crippen molar-refractivity contribution in [3.8, 4) is 11.1 Å². The van der Waals surface area contributed by atoms with E-state index < -0.39 is 6.04 Å². The number of nitrogens with one attached hydrogen (secondary N) is 1. The first-order chi connectivity index (χ1) is 15.8. The summed E-state index contributed by atoms with van der Waals surface area (Å²) in [6.45, 7) is 4.75. The Balaban J connectivity index is 1.55. The number of benzene rings is 2. The minimum atomic E-state index is -0.579. The Bertz CT molecular complexity index is 1160. The Hall–Kier alpha value is -3.74. The molecule has 2 heterocycles. The molecule has 0 aliphatic carbocycles. The van der Waals surface area contributed by atoms with Crippen LogP contribution in [0.1, 0.15) is 27.2 Å². The number of aryl methyl sites for hydroxylation is 2. The third-order valence-corrected chi connectivity index (χ3v) is 5.96. The van der Waals surface area contributed by atoms with Crippen LogP contribution in [-0.2, 0) is 11.2 Å². The molecule has 3 aromatic rings. The van der Waals surface area contributed by atoms with Gasteiger partial charge in [-0.25, -0.2) is 9.97 Å². The molecule has 7 nitrogen and oxygen atoms in total. The van der Waals surface area contributed by atoms with E-state index in [-0.39, 0.29) is 11.8 Å². The van der Waals surface area contributed by atoms with Gasteiger partial charge in [0.2, 0.25) is 11.9 Å². The van der Waals surface area contributed by atoms with Gasteiger partial charge in [-0.15, -0.1) is 0 Å². The van der Waals surface area contributed by atoms with Crippen LogP contribution in [0.5, 0.6) is 0 Å². The van der Waals surface area contributed by atoms with Crippen molar-refractivity contribution in [3.05, 3.63) is 77.1 Å². The maximum absolute atomic E-state index is 13.4. The molecular weight excluding hydrogens is 414 g/mol. The van der Waals surface area contributed by atoms with E-state index in [9.17, 15) is 9.59 Å². The predicted octanol–water partition coefficient (Wildman–Crippen LogP) is 3.01. The number of nitrogens with zero attached hydrogens (tertiary/aromatic N) is 4. The first-order valence-electron chi connectivity index (χ1n) is 11.1. The fraction of sp³-hybridized carbons (Fsp3) is 0.308. The average Bonchev–Trinajstić information content (AvgIpc) is 2.81. The molecule has 1 N–H and O–H groups in total. The van der Waals surface area contributed by atoms with Crippen LogP contribution in [0.2, 0.25) is 0 Å². The number of anilines is 1. The fourth-order valence-electron chi connectivity index (χ4n) is 4.00. The van der Waals surface area contributed by atoms with Gasteiger partial charge in [0.25, 0.3) is 5.91 Å². The second-order valence-corrected chi connectivity index (χ2v) is 8.64. The van der Waals surface area contributed by atoms with Crippen molar-refractivity contribution in [2.24, 2.45) is 0 Å². The number of hydrogen-bond donors (Lipinski definition) is 1. The van der Waals surface area contributed by atoms with Crippen LogP contribution in [0, 0.1) is 13.8 Å². The van der Waals surface area contributed by atoms with E-state index in [1.54, 1.807) is 22.9 Å². The van der Waals surface area contributed by atoms with Crippen molar-refractivity contribution in [1.82, 2.24) is 20.2 Å². The van der Waals surface area contributed by atoms with Crippen LogP contribution in [0.15, 0.2) is 54.7 Å². The number of piperazine rings is 1. The highest BCUT2D eigenvalue weighted by Gasteiger charge is 2.34. The second-order valence-electron chi connectivity index (χ2n) is 8.64. The lowest BCUT2D eigenvalue weighted by molar-refractivity contribution is -0.127. The van der Waals surface area contributed by atoms with Crippen molar-refractivity contribution in [1.29, 1.82) is 0 Å². The molecule has 4 rings (SSSR count). The molecule has 2 aromatic carbocycles. The normalized spacial score (nSPS) is 15.8. The average molecular weight is 444 g/mol. The Kier molecular flexibility index (Phi) is 6.40. The third-order valence-electron chi connectivity index (χ3n) is 5.96. The molecule has 2 amide bonds. The molecule has 1 aromatic heterocycles. The minimum absolute atomic E-state index is 0.138. The Morgan fingerprint density at radius 3 is 2.30 bits per heavy atom. The zero-order chi connectivity index (χ0) is 23.5. The molecule has 170 valence electrons. The topological polar surface area (TPSA) is 78.4 Å². The lowest BCUT2D eigenvalue weighted by atomic mass is 9.98. The highest BCUT2D eigenvalue weighted by atomic mass is 16.2. The van der Waals surface area contributed by atoms with Crippen molar-refractivity contribution in [3.63, 3.8) is 0 Å². The summed E-state index contributed by atoms with van der Waals surface area (Å²) in [6, 6.07) is 16.0. The van der Waals surface area contributed by atoms with Gasteiger partial charge in [0, 0.05) is 39.8 Å². The van der Waals surface area contributed by atoms with E-state index in [2.05, 4.69) is 58.6 Å². The second kappa shape index (κ2) is 9.40. The minimum Gasteiger partial charge on any atom is -0.353 e. The van der Waals surface area contributed by atoms with Crippen LogP contribution >= 0.6 is 0 Å². The van der Waals surface area contributed by atoms with E-state index in [0.29, 0.717) is 36.7 Å². The van der Waals surface area contributed by atoms with Crippen LogP contribution in [0.25, 0.3) is 11.1 Å². The van der Waals surface area contributed by atoms with Gasteiger partial charge in [0.15, 0.2) is 0 Å². The van der Waals surface area contributed by atoms with Gasteiger partial charge < -0.3 is 15.1 Å². The summed E-state index contributed by atoms with van der Waals surface area (Å²) in [6.07, 6.45) is 2.00. The molecule has 33 heavy (non-hydrogen) atoms. The van der Waals surface area contributed by atoms with Crippen LogP contribution in [0.4, 0.5) is 5.95 Å². The van der Waals surface area contributed by atoms with Gasteiger partial charge in [0.05, 0.1) is 11.3 Å². The smallest absolute Gasteiger partial charge is 0.258 e. The number of hydrogen-bond acceptors (Lipinski definition) is 5. The fourth-order valence-corrected chi connectivity index (χ4v) is 4.00. The molecule has 1 aliphatic rings. The summed E-state index contributed by atoms with van der Waals surface area (Å²) in [5.74, 6) is 0.195. The van der Waals surface area contributed by atoms with E-state index in [4.69, 9.17) is 0 Å². The summed E-state index contributed by atoms with van der Waals surface area (Å²) in [5, 5.41) is 2.90.